The van der Waals surface area contributed by atoms with Gasteiger partial charge in [-0.1, -0.05) is 188 Å². The predicted octanol–water partition coefficient (Wildman–Crippen LogP) is 15.9. The highest BCUT2D eigenvalue weighted by Gasteiger charge is 2.52. The first-order chi connectivity index (χ1) is 30.3. The summed E-state index contributed by atoms with van der Waals surface area (Å²) in [6.07, 6.45) is 0. The SMILES string of the molecule is c1ccc(-c2ccc(N(c3ccccc3-c3cc4c5ccccc5oc4c4ccccc34)c3cccc4c3-c3ccccc3C43c4ccccc4-c4ccccc43)cc2)cc1. The molecule has 10 aromatic carbocycles. The molecule has 1 heterocycles. The molecule has 2 aliphatic carbocycles. The summed E-state index contributed by atoms with van der Waals surface area (Å²) in [6, 6.07) is 82.3. The molecular weight excluding hydrogens is 739 g/mol. The van der Waals surface area contributed by atoms with Gasteiger partial charge in [0.25, 0.3) is 0 Å². The summed E-state index contributed by atoms with van der Waals surface area (Å²) < 4.78 is 6.59. The zero-order chi connectivity index (χ0) is 40.1. The number of benzene rings is 10. The molecule has 0 saturated heterocycles. The van der Waals surface area contributed by atoms with Gasteiger partial charge in [-0.2, -0.15) is 0 Å². The fourth-order valence-corrected chi connectivity index (χ4v) is 10.8. The third kappa shape index (κ3) is 4.73. The third-order valence-corrected chi connectivity index (χ3v) is 13.3. The molecule has 13 rings (SSSR count). The Bertz CT molecular complexity index is 3490. The lowest BCUT2D eigenvalue weighted by molar-refractivity contribution is 0.672. The molecule has 0 unspecified atom stereocenters. The van der Waals surface area contributed by atoms with Crippen LogP contribution in [0.25, 0.3) is 77.2 Å². The molecule has 61 heavy (non-hydrogen) atoms. The number of anilines is 3. The molecule has 0 fully saturated rings. The molecular formula is C59H37NO. The zero-order valence-corrected chi connectivity index (χ0v) is 33.2. The molecule has 0 N–H and O–H groups in total. The molecule has 0 bridgehead atoms. The smallest absolute Gasteiger partial charge is 0.143 e. The Morgan fingerprint density at radius 3 is 1.59 bits per heavy atom. The first kappa shape index (κ1) is 34.0. The zero-order valence-electron chi connectivity index (χ0n) is 33.2. The first-order valence-electron chi connectivity index (χ1n) is 21.1. The second-order valence-electron chi connectivity index (χ2n) is 16.3. The number of rotatable bonds is 5. The molecule has 0 aliphatic heterocycles. The number of furan rings is 1. The van der Waals surface area contributed by atoms with E-state index in [-0.39, 0.29) is 0 Å². The van der Waals surface area contributed by atoms with Crippen molar-refractivity contribution in [1.29, 1.82) is 0 Å². The maximum atomic E-state index is 6.59. The molecule has 2 aliphatic rings. The molecule has 2 nitrogen and oxygen atoms in total. The average Bonchev–Trinajstić information content (AvgIpc) is 3.97. The summed E-state index contributed by atoms with van der Waals surface area (Å²) >= 11 is 0. The van der Waals surface area contributed by atoms with E-state index in [1.807, 2.05) is 6.07 Å². The molecule has 0 saturated carbocycles. The predicted molar refractivity (Wildman–Crippen MR) is 253 cm³/mol. The van der Waals surface area contributed by atoms with Crippen molar-refractivity contribution in [1.82, 2.24) is 0 Å². The van der Waals surface area contributed by atoms with Gasteiger partial charge in [0.2, 0.25) is 0 Å². The van der Waals surface area contributed by atoms with Crippen LogP contribution in [-0.4, -0.2) is 0 Å². The number of fused-ring (bicyclic) bond motifs is 15. The lowest BCUT2D eigenvalue weighted by atomic mass is 9.70. The van der Waals surface area contributed by atoms with Gasteiger partial charge in [0.1, 0.15) is 11.2 Å². The Morgan fingerprint density at radius 1 is 0.328 bits per heavy atom. The summed E-state index contributed by atoms with van der Waals surface area (Å²) in [6.45, 7) is 0. The Morgan fingerprint density at radius 2 is 0.852 bits per heavy atom. The van der Waals surface area contributed by atoms with Crippen LogP contribution in [0.4, 0.5) is 17.1 Å². The van der Waals surface area contributed by atoms with Crippen molar-refractivity contribution < 1.29 is 4.42 Å². The Balaban J connectivity index is 1.11. The van der Waals surface area contributed by atoms with E-state index in [0.29, 0.717) is 0 Å². The van der Waals surface area contributed by atoms with E-state index in [1.54, 1.807) is 0 Å². The molecule has 284 valence electrons. The van der Waals surface area contributed by atoms with E-state index in [2.05, 4.69) is 223 Å². The van der Waals surface area contributed by atoms with Crippen molar-refractivity contribution in [2.24, 2.45) is 0 Å². The minimum Gasteiger partial charge on any atom is -0.455 e. The van der Waals surface area contributed by atoms with Crippen molar-refractivity contribution in [3.63, 3.8) is 0 Å². The summed E-state index contributed by atoms with van der Waals surface area (Å²) in [4.78, 5) is 2.51. The van der Waals surface area contributed by atoms with E-state index >= 15 is 0 Å². The van der Waals surface area contributed by atoms with E-state index in [4.69, 9.17) is 4.42 Å². The van der Waals surface area contributed by atoms with Gasteiger partial charge in [0.15, 0.2) is 0 Å². The van der Waals surface area contributed by atoms with Gasteiger partial charge in [-0.25, -0.2) is 0 Å². The van der Waals surface area contributed by atoms with Crippen LogP contribution < -0.4 is 4.90 Å². The highest BCUT2D eigenvalue weighted by molar-refractivity contribution is 6.20. The van der Waals surface area contributed by atoms with E-state index in [1.165, 1.54) is 61.2 Å². The van der Waals surface area contributed by atoms with Crippen LogP contribution in [0, 0.1) is 0 Å². The number of hydrogen-bond acceptors (Lipinski definition) is 2. The first-order valence-corrected chi connectivity index (χ1v) is 21.1. The topological polar surface area (TPSA) is 16.4 Å². The Kier molecular flexibility index (Phi) is 7.26. The molecule has 1 spiro atoms. The van der Waals surface area contributed by atoms with Gasteiger partial charge in [-0.05, 0) is 97.4 Å². The van der Waals surface area contributed by atoms with Crippen molar-refractivity contribution >= 4 is 49.8 Å². The lowest BCUT2D eigenvalue weighted by Gasteiger charge is -2.32. The van der Waals surface area contributed by atoms with Crippen LogP contribution in [0.2, 0.25) is 0 Å². The normalized spacial score (nSPS) is 13.0. The van der Waals surface area contributed by atoms with Crippen LogP contribution in [0.3, 0.4) is 0 Å². The Labute approximate surface area is 354 Å². The van der Waals surface area contributed by atoms with E-state index in [9.17, 15) is 0 Å². The minimum absolute atomic E-state index is 0.457. The second kappa shape index (κ2) is 13.0. The summed E-state index contributed by atoms with van der Waals surface area (Å²) in [5.41, 5.74) is 19.8. The fourth-order valence-electron chi connectivity index (χ4n) is 10.8. The number of para-hydroxylation sites is 2. The molecule has 2 heteroatoms. The monoisotopic (exact) mass is 775 g/mol. The maximum absolute atomic E-state index is 6.59. The largest absolute Gasteiger partial charge is 0.455 e. The molecule has 0 amide bonds. The van der Waals surface area contributed by atoms with E-state index < -0.39 is 5.41 Å². The van der Waals surface area contributed by atoms with Gasteiger partial charge < -0.3 is 9.32 Å². The van der Waals surface area contributed by atoms with Gasteiger partial charge in [-0.3, -0.25) is 0 Å². The van der Waals surface area contributed by atoms with Crippen LogP contribution in [0.1, 0.15) is 22.3 Å². The van der Waals surface area contributed by atoms with Crippen molar-refractivity contribution in [3.05, 3.63) is 247 Å². The quantitative estimate of drug-likeness (QED) is 0.173. The summed E-state index contributed by atoms with van der Waals surface area (Å²) in [5, 5.41) is 4.50. The van der Waals surface area contributed by atoms with Gasteiger partial charge in [0.05, 0.1) is 16.8 Å². The van der Waals surface area contributed by atoms with Crippen LogP contribution in [-0.2, 0) is 5.41 Å². The third-order valence-electron chi connectivity index (χ3n) is 13.3. The molecule has 1 aromatic heterocycles. The second-order valence-corrected chi connectivity index (χ2v) is 16.3. The van der Waals surface area contributed by atoms with Crippen LogP contribution in [0.5, 0.6) is 0 Å². The highest BCUT2D eigenvalue weighted by atomic mass is 16.3. The van der Waals surface area contributed by atoms with Crippen molar-refractivity contribution in [3.8, 4) is 44.5 Å². The average molecular weight is 776 g/mol. The van der Waals surface area contributed by atoms with Crippen molar-refractivity contribution in [2.45, 2.75) is 5.41 Å². The van der Waals surface area contributed by atoms with Gasteiger partial charge in [0, 0.05) is 33.0 Å². The van der Waals surface area contributed by atoms with Crippen LogP contribution in [0.15, 0.2) is 229 Å². The Hall–Kier alpha value is -7.94. The molecule has 0 radical (unpaired) electrons. The minimum atomic E-state index is -0.457. The standard InChI is InChI=1S/C59H37NO/c1-2-17-38(18-3-1)39-33-35-40(36-34-39)60(54-30-14-9-22-44(54)48-37-49-45-23-10-15-32-56(45)61-58(49)46-24-5-4-19-41(46)48)55-31-16-29-53-57(55)47-25-8-13-28-52(47)59(53)50-26-11-6-20-42(50)43-21-7-12-27-51(43)59/h1-37H. The van der Waals surface area contributed by atoms with Gasteiger partial charge in [-0.15, -0.1) is 0 Å². The van der Waals surface area contributed by atoms with Crippen molar-refractivity contribution in [2.75, 3.05) is 4.90 Å². The number of hydrogen-bond donors (Lipinski definition) is 0. The fraction of sp³-hybridized carbons (Fsp3) is 0.0169. The van der Waals surface area contributed by atoms with E-state index in [0.717, 1.165) is 55.3 Å². The number of nitrogens with zero attached hydrogens (tertiary/aromatic N) is 1. The highest BCUT2D eigenvalue weighted by Crippen LogP contribution is 2.65. The lowest BCUT2D eigenvalue weighted by Crippen LogP contribution is -2.26. The molecule has 11 aromatic rings. The van der Waals surface area contributed by atoms with Crippen LogP contribution >= 0.6 is 0 Å². The maximum Gasteiger partial charge on any atom is 0.143 e. The van der Waals surface area contributed by atoms with Gasteiger partial charge >= 0.3 is 0 Å². The summed E-state index contributed by atoms with van der Waals surface area (Å²) in [7, 11) is 0. The summed E-state index contributed by atoms with van der Waals surface area (Å²) in [5.74, 6) is 0. The molecule has 0 atom stereocenters.